The first-order chi connectivity index (χ1) is 10.8. The van der Waals surface area contributed by atoms with Gasteiger partial charge in [0.25, 0.3) is 0 Å². The monoisotopic (exact) mass is 339 g/mol. The quantitative estimate of drug-likeness (QED) is 0.757. The van der Waals surface area contributed by atoms with E-state index in [0.717, 1.165) is 17.8 Å². The number of hydrogen-bond donors (Lipinski definition) is 1. The average molecular weight is 340 g/mol. The Balaban J connectivity index is 1.60. The van der Waals surface area contributed by atoms with Crippen LogP contribution < -0.4 is 5.32 Å². The van der Waals surface area contributed by atoms with E-state index in [1.165, 1.54) is 44.1 Å². The van der Waals surface area contributed by atoms with Gasteiger partial charge < -0.3 is 5.32 Å². The Morgan fingerprint density at radius 3 is 2.13 bits per heavy atom. The summed E-state index contributed by atoms with van der Waals surface area (Å²) >= 11 is 0. The van der Waals surface area contributed by atoms with Crippen molar-refractivity contribution in [3.63, 3.8) is 0 Å². The smallest absolute Gasteiger partial charge is 0.243 e. The molecule has 4 fully saturated rings. The van der Waals surface area contributed by atoms with Gasteiger partial charge in [0.1, 0.15) is 0 Å². The molecule has 0 heterocycles. The van der Waals surface area contributed by atoms with Crippen LogP contribution >= 0.6 is 0 Å². The lowest BCUT2D eigenvalue weighted by molar-refractivity contribution is -0.116. The highest BCUT2D eigenvalue weighted by Gasteiger charge is 2.51. The van der Waals surface area contributed by atoms with Gasteiger partial charge in [-0.2, -0.15) is 0 Å². The Kier molecular flexibility index (Phi) is 4.60. The third kappa shape index (κ3) is 3.65. The molecule has 0 aromatic heterocycles. The summed E-state index contributed by atoms with van der Waals surface area (Å²) in [4.78, 5) is 12.1. The second-order valence-corrected chi connectivity index (χ2v) is 10.5. The van der Waals surface area contributed by atoms with Crippen molar-refractivity contribution in [2.24, 2.45) is 23.2 Å². The van der Waals surface area contributed by atoms with Gasteiger partial charge in [0.15, 0.2) is 9.84 Å². The van der Waals surface area contributed by atoms with Crippen molar-refractivity contribution in [2.75, 3.05) is 18.1 Å². The molecule has 0 aliphatic heterocycles. The lowest BCUT2D eigenvalue weighted by Gasteiger charge is -2.57. The van der Waals surface area contributed by atoms with Crippen LogP contribution in [0.1, 0.15) is 52.4 Å². The van der Waals surface area contributed by atoms with Gasteiger partial charge in [-0.25, -0.2) is 8.42 Å². The maximum Gasteiger partial charge on any atom is 0.243 e. The van der Waals surface area contributed by atoms with E-state index in [1.54, 1.807) is 13.0 Å². The van der Waals surface area contributed by atoms with Crippen molar-refractivity contribution in [3.05, 3.63) is 11.6 Å². The first kappa shape index (κ1) is 17.0. The molecule has 4 aliphatic rings. The maximum atomic E-state index is 12.1. The molecule has 4 bridgehead atoms. The topological polar surface area (TPSA) is 63.2 Å². The van der Waals surface area contributed by atoms with Crippen molar-refractivity contribution >= 4 is 15.7 Å². The second kappa shape index (κ2) is 6.23. The van der Waals surface area contributed by atoms with Gasteiger partial charge >= 0.3 is 0 Å². The first-order valence-electron chi connectivity index (χ1n) is 8.99. The fraction of sp³-hybridized carbons (Fsp3) is 0.833. The molecule has 130 valence electrons. The molecule has 4 rings (SSSR count). The molecule has 4 saturated carbocycles. The van der Waals surface area contributed by atoms with Gasteiger partial charge in [-0.15, -0.1) is 0 Å². The highest BCUT2D eigenvalue weighted by molar-refractivity contribution is 7.91. The van der Waals surface area contributed by atoms with Crippen LogP contribution in [0.3, 0.4) is 0 Å². The summed E-state index contributed by atoms with van der Waals surface area (Å²) in [5.41, 5.74) is 1.47. The van der Waals surface area contributed by atoms with Gasteiger partial charge in [-0.05, 0) is 68.6 Å². The molecule has 0 saturated heterocycles. The molecule has 23 heavy (non-hydrogen) atoms. The fourth-order valence-electron chi connectivity index (χ4n) is 5.47. The van der Waals surface area contributed by atoms with Gasteiger partial charge in [-0.1, -0.05) is 12.5 Å². The Morgan fingerprint density at radius 1 is 1.13 bits per heavy atom. The largest absolute Gasteiger partial charge is 0.352 e. The summed E-state index contributed by atoms with van der Waals surface area (Å²) in [6.07, 6.45) is 9.68. The van der Waals surface area contributed by atoms with E-state index in [1.807, 2.05) is 0 Å². The lowest BCUT2D eigenvalue weighted by Crippen LogP contribution is -2.46. The second-order valence-electron chi connectivity index (χ2n) is 8.05. The lowest BCUT2D eigenvalue weighted by atomic mass is 9.48. The molecule has 1 amide bonds. The number of amides is 1. The van der Waals surface area contributed by atoms with Crippen LogP contribution in [0, 0.1) is 23.2 Å². The van der Waals surface area contributed by atoms with E-state index >= 15 is 0 Å². The Hall–Kier alpha value is -0.840. The van der Waals surface area contributed by atoms with Crippen LogP contribution in [0.15, 0.2) is 11.6 Å². The fourth-order valence-corrected chi connectivity index (χ4v) is 6.17. The third-order valence-electron chi connectivity index (χ3n) is 6.37. The first-order valence-corrected chi connectivity index (χ1v) is 10.8. The van der Waals surface area contributed by atoms with Crippen molar-refractivity contribution in [1.82, 2.24) is 5.32 Å². The summed E-state index contributed by atoms with van der Waals surface area (Å²) in [5.74, 6) is 2.61. The molecule has 4 aliphatic carbocycles. The minimum atomic E-state index is -3.02. The highest BCUT2D eigenvalue weighted by atomic mass is 32.2. The van der Waals surface area contributed by atoms with Crippen LogP contribution in [-0.4, -0.2) is 32.4 Å². The summed E-state index contributed by atoms with van der Waals surface area (Å²) in [6.45, 7) is 3.95. The van der Waals surface area contributed by atoms with Crippen molar-refractivity contribution in [1.29, 1.82) is 0 Å². The zero-order valence-electron chi connectivity index (χ0n) is 14.3. The van der Waals surface area contributed by atoms with Crippen LogP contribution in [-0.2, 0) is 14.6 Å². The minimum absolute atomic E-state index is 0.0273. The summed E-state index contributed by atoms with van der Waals surface area (Å²) in [6, 6.07) is 0. The zero-order valence-corrected chi connectivity index (χ0v) is 15.1. The SMILES string of the molecule is CCS(=O)(=O)CCNC(=O)/C=C(/C)C12CC3CC(CC(C3)C1)C2. The van der Waals surface area contributed by atoms with E-state index in [-0.39, 0.29) is 29.4 Å². The van der Waals surface area contributed by atoms with E-state index in [2.05, 4.69) is 12.2 Å². The Morgan fingerprint density at radius 2 is 1.65 bits per heavy atom. The number of allylic oxidation sites excluding steroid dienone is 1. The number of nitrogens with one attached hydrogen (secondary N) is 1. The Labute approximate surface area is 140 Å². The van der Waals surface area contributed by atoms with Crippen LogP contribution in [0.5, 0.6) is 0 Å². The molecule has 4 nitrogen and oxygen atoms in total. The van der Waals surface area contributed by atoms with Gasteiger partial charge in [0.2, 0.25) is 5.91 Å². The predicted molar refractivity (Wildman–Crippen MR) is 91.7 cm³/mol. The van der Waals surface area contributed by atoms with Crippen molar-refractivity contribution in [2.45, 2.75) is 52.4 Å². The number of carbonyl (C=O) groups excluding carboxylic acids is 1. The minimum Gasteiger partial charge on any atom is -0.352 e. The molecule has 0 radical (unpaired) electrons. The maximum absolute atomic E-state index is 12.1. The van der Waals surface area contributed by atoms with Crippen molar-refractivity contribution in [3.8, 4) is 0 Å². The van der Waals surface area contributed by atoms with Gasteiger partial charge in [0.05, 0.1) is 5.75 Å². The number of rotatable bonds is 6. The summed E-state index contributed by atoms with van der Waals surface area (Å²) < 4.78 is 22.9. The molecule has 0 unspecified atom stereocenters. The van der Waals surface area contributed by atoms with E-state index in [0.29, 0.717) is 0 Å². The molecular weight excluding hydrogens is 310 g/mol. The van der Waals surface area contributed by atoms with E-state index < -0.39 is 9.84 Å². The van der Waals surface area contributed by atoms with Crippen LogP contribution in [0.25, 0.3) is 0 Å². The van der Waals surface area contributed by atoms with E-state index in [9.17, 15) is 13.2 Å². The molecule has 5 heteroatoms. The average Bonchev–Trinajstić information content (AvgIpc) is 2.45. The van der Waals surface area contributed by atoms with Crippen molar-refractivity contribution < 1.29 is 13.2 Å². The highest BCUT2D eigenvalue weighted by Crippen LogP contribution is 2.62. The Bertz CT molecular complexity index is 570. The van der Waals surface area contributed by atoms with Gasteiger partial charge in [-0.3, -0.25) is 4.79 Å². The zero-order chi connectivity index (χ0) is 16.7. The molecule has 0 spiro atoms. The molecule has 0 aromatic carbocycles. The summed E-state index contributed by atoms with van der Waals surface area (Å²) in [7, 11) is -3.02. The molecule has 0 aromatic rings. The number of hydrogen-bond acceptors (Lipinski definition) is 3. The van der Waals surface area contributed by atoms with Crippen LogP contribution in [0.2, 0.25) is 0 Å². The molecular formula is C18H29NO3S. The summed E-state index contributed by atoms with van der Waals surface area (Å²) in [5, 5.41) is 2.74. The van der Waals surface area contributed by atoms with Gasteiger partial charge in [0, 0.05) is 18.4 Å². The third-order valence-corrected chi connectivity index (χ3v) is 8.08. The molecule has 0 atom stereocenters. The normalized spacial score (nSPS) is 36.3. The number of carbonyl (C=O) groups is 1. The van der Waals surface area contributed by atoms with E-state index in [4.69, 9.17) is 0 Å². The van der Waals surface area contributed by atoms with Crippen LogP contribution in [0.4, 0.5) is 0 Å². The molecule has 1 N–H and O–H groups in total. The predicted octanol–water partition coefficient (Wildman–Crippen LogP) is 2.70. The standard InChI is InChI=1S/C18H29NO3S/c1-3-23(21,22)5-4-19-17(20)6-13(2)18-10-14-7-15(11-18)9-16(8-14)12-18/h6,14-16H,3-5,7-12H2,1-2H3,(H,19,20)/b13-6-. The number of sulfone groups is 1.